The molecule has 1 N–H and O–H groups in total. The molecule has 0 saturated carbocycles. The van der Waals surface area contributed by atoms with E-state index in [0.29, 0.717) is 11.2 Å². The topological polar surface area (TPSA) is 36.4 Å². The van der Waals surface area contributed by atoms with Crippen molar-refractivity contribution < 1.29 is 5.11 Å². The summed E-state index contributed by atoms with van der Waals surface area (Å²) in [7, 11) is 0. The normalized spacial score (nSPS) is 22.9. The highest BCUT2D eigenvalue weighted by molar-refractivity contribution is 6.29. The number of halogens is 1. The van der Waals surface area contributed by atoms with Crippen LogP contribution in [0.15, 0.2) is 18.3 Å². The molecule has 1 saturated heterocycles. The fourth-order valence-electron chi connectivity index (χ4n) is 2.66. The monoisotopic (exact) mass is 268 g/mol. The molecule has 2 heterocycles. The molecule has 1 aliphatic heterocycles. The molecule has 1 aromatic rings. The van der Waals surface area contributed by atoms with Crippen LogP contribution in [0.25, 0.3) is 0 Å². The SMILES string of the molecule is CC[C@H](O)[C@@H]1CCCCN1Cc1ccc(Cl)nc1. The van der Waals surface area contributed by atoms with Gasteiger partial charge in [-0.3, -0.25) is 4.90 Å². The van der Waals surface area contributed by atoms with Crippen LogP contribution in [0.5, 0.6) is 0 Å². The summed E-state index contributed by atoms with van der Waals surface area (Å²) < 4.78 is 0. The highest BCUT2D eigenvalue weighted by Crippen LogP contribution is 2.23. The van der Waals surface area contributed by atoms with E-state index in [-0.39, 0.29) is 6.10 Å². The highest BCUT2D eigenvalue weighted by Gasteiger charge is 2.27. The summed E-state index contributed by atoms with van der Waals surface area (Å²) in [6, 6.07) is 4.13. The summed E-state index contributed by atoms with van der Waals surface area (Å²) in [5, 5.41) is 10.6. The molecule has 3 nitrogen and oxygen atoms in total. The fraction of sp³-hybridized carbons (Fsp3) is 0.643. The molecular formula is C14H21ClN2O. The van der Waals surface area contributed by atoms with Crippen LogP contribution in [0.2, 0.25) is 5.15 Å². The molecule has 0 bridgehead atoms. The molecule has 0 spiro atoms. The van der Waals surface area contributed by atoms with E-state index in [1.165, 1.54) is 12.8 Å². The van der Waals surface area contributed by atoms with Crippen molar-refractivity contribution in [3.05, 3.63) is 29.0 Å². The summed E-state index contributed by atoms with van der Waals surface area (Å²) in [6.45, 7) is 3.96. The predicted molar refractivity (Wildman–Crippen MR) is 73.6 cm³/mol. The minimum Gasteiger partial charge on any atom is -0.392 e. The molecule has 1 fully saturated rings. The van der Waals surface area contributed by atoms with E-state index in [9.17, 15) is 5.11 Å². The Hall–Kier alpha value is -0.640. The number of pyridine rings is 1. The zero-order valence-corrected chi connectivity index (χ0v) is 11.6. The van der Waals surface area contributed by atoms with Gasteiger partial charge in [0.1, 0.15) is 5.15 Å². The Bertz CT molecular complexity index is 369. The number of piperidine rings is 1. The second kappa shape index (κ2) is 6.50. The number of hydrogen-bond donors (Lipinski definition) is 1. The summed E-state index contributed by atoms with van der Waals surface area (Å²) in [6.07, 6.45) is 5.96. The van der Waals surface area contributed by atoms with Gasteiger partial charge in [-0.15, -0.1) is 0 Å². The van der Waals surface area contributed by atoms with Gasteiger partial charge in [0.15, 0.2) is 0 Å². The second-order valence-electron chi connectivity index (χ2n) is 5.00. The number of aliphatic hydroxyl groups excluding tert-OH is 1. The average molecular weight is 269 g/mol. The van der Waals surface area contributed by atoms with Gasteiger partial charge in [0.05, 0.1) is 6.10 Å². The Morgan fingerprint density at radius 3 is 3.00 bits per heavy atom. The summed E-state index contributed by atoms with van der Waals surface area (Å²) in [5.74, 6) is 0. The molecule has 2 rings (SSSR count). The van der Waals surface area contributed by atoms with Gasteiger partial charge < -0.3 is 5.11 Å². The van der Waals surface area contributed by atoms with E-state index in [4.69, 9.17) is 11.6 Å². The summed E-state index contributed by atoms with van der Waals surface area (Å²) in [5.41, 5.74) is 1.16. The third-order valence-electron chi connectivity index (χ3n) is 3.70. The van der Waals surface area contributed by atoms with E-state index in [0.717, 1.165) is 31.5 Å². The lowest BCUT2D eigenvalue weighted by atomic mass is 9.95. The lowest BCUT2D eigenvalue weighted by Gasteiger charge is -2.38. The predicted octanol–water partition coefficient (Wildman–Crippen LogP) is 2.86. The number of likely N-dealkylation sites (tertiary alicyclic amines) is 1. The number of rotatable bonds is 4. The first kappa shape index (κ1) is 13.8. The van der Waals surface area contributed by atoms with E-state index in [1.54, 1.807) is 0 Å². The van der Waals surface area contributed by atoms with Gasteiger partial charge in [-0.05, 0) is 37.4 Å². The second-order valence-corrected chi connectivity index (χ2v) is 5.39. The lowest BCUT2D eigenvalue weighted by molar-refractivity contribution is 0.0195. The van der Waals surface area contributed by atoms with Crippen molar-refractivity contribution in [1.82, 2.24) is 9.88 Å². The number of aliphatic hydroxyl groups is 1. The molecule has 2 atom stereocenters. The smallest absolute Gasteiger partial charge is 0.129 e. The van der Waals surface area contributed by atoms with Crippen LogP contribution in [0.1, 0.15) is 38.2 Å². The first-order chi connectivity index (χ1) is 8.70. The van der Waals surface area contributed by atoms with Crippen molar-refractivity contribution in [2.45, 2.75) is 51.3 Å². The van der Waals surface area contributed by atoms with E-state index in [2.05, 4.69) is 9.88 Å². The molecule has 0 aromatic carbocycles. The van der Waals surface area contributed by atoms with Crippen molar-refractivity contribution in [1.29, 1.82) is 0 Å². The van der Waals surface area contributed by atoms with Gasteiger partial charge in [-0.25, -0.2) is 4.98 Å². The van der Waals surface area contributed by atoms with Crippen molar-refractivity contribution in [2.24, 2.45) is 0 Å². The molecule has 0 aliphatic carbocycles. The van der Waals surface area contributed by atoms with Crippen LogP contribution < -0.4 is 0 Å². The quantitative estimate of drug-likeness (QED) is 0.853. The number of aromatic nitrogens is 1. The van der Waals surface area contributed by atoms with Crippen LogP contribution in [-0.4, -0.2) is 33.7 Å². The van der Waals surface area contributed by atoms with E-state index in [1.807, 2.05) is 25.3 Å². The Balaban J connectivity index is 2.03. The van der Waals surface area contributed by atoms with E-state index >= 15 is 0 Å². The Morgan fingerprint density at radius 2 is 2.33 bits per heavy atom. The molecule has 0 unspecified atom stereocenters. The molecule has 100 valence electrons. The summed E-state index contributed by atoms with van der Waals surface area (Å²) >= 11 is 5.79. The van der Waals surface area contributed by atoms with Crippen LogP contribution >= 0.6 is 11.6 Å². The van der Waals surface area contributed by atoms with Crippen LogP contribution in [-0.2, 0) is 6.54 Å². The Morgan fingerprint density at radius 1 is 1.50 bits per heavy atom. The molecule has 4 heteroatoms. The van der Waals surface area contributed by atoms with Gasteiger partial charge in [0.25, 0.3) is 0 Å². The van der Waals surface area contributed by atoms with E-state index < -0.39 is 0 Å². The molecule has 1 aliphatic rings. The molecular weight excluding hydrogens is 248 g/mol. The minimum atomic E-state index is -0.217. The third-order valence-corrected chi connectivity index (χ3v) is 3.92. The maximum absolute atomic E-state index is 10.1. The Labute approximate surface area is 114 Å². The van der Waals surface area contributed by atoms with Gasteiger partial charge in [-0.2, -0.15) is 0 Å². The van der Waals surface area contributed by atoms with Crippen LogP contribution in [0, 0.1) is 0 Å². The minimum absolute atomic E-state index is 0.217. The lowest BCUT2D eigenvalue weighted by Crippen LogP contribution is -2.46. The third kappa shape index (κ3) is 3.44. The maximum Gasteiger partial charge on any atom is 0.129 e. The summed E-state index contributed by atoms with van der Waals surface area (Å²) in [4.78, 5) is 6.49. The van der Waals surface area contributed by atoms with Gasteiger partial charge in [-0.1, -0.05) is 31.0 Å². The van der Waals surface area contributed by atoms with Crippen molar-refractivity contribution in [3.63, 3.8) is 0 Å². The number of hydrogen-bond acceptors (Lipinski definition) is 3. The fourth-order valence-corrected chi connectivity index (χ4v) is 2.77. The molecule has 18 heavy (non-hydrogen) atoms. The number of nitrogens with zero attached hydrogens (tertiary/aromatic N) is 2. The standard InChI is InChI=1S/C14H21ClN2O/c1-2-13(18)12-5-3-4-8-17(12)10-11-6-7-14(15)16-9-11/h6-7,9,12-13,18H,2-5,8,10H2,1H3/t12-,13-/m0/s1. The van der Waals surface area contributed by atoms with Gasteiger partial charge >= 0.3 is 0 Å². The average Bonchev–Trinajstić information content (AvgIpc) is 2.41. The first-order valence-corrected chi connectivity index (χ1v) is 7.11. The van der Waals surface area contributed by atoms with Crippen LogP contribution in [0.4, 0.5) is 0 Å². The van der Waals surface area contributed by atoms with Gasteiger partial charge in [0.2, 0.25) is 0 Å². The zero-order valence-electron chi connectivity index (χ0n) is 10.8. The molecule has 0 radical (unpaired) electrons. The van der Waals surface area contributed by atoms with Crippen molar-refractivity contribution >= 4 is 11.6 Å². The molecule has 1 aromatic heterocycles. The van der Waals surface area contributed by atoms with Crippen molar-refractivity contribution in [2.75, 3.05) is 6.54 Å². The van der Waals surface area contributed by atoms with Crippen molar-refractivity contribution in [3.8, 4) is 0 Å². The maximum atomic E-state index is 10.1. The molecule has 0 amide bonds. The van der Waals surface area contributed by atoms with Gasteiger partial charge in [0, 0.05) is 18.8 Å². The largest absolute Gasteiger partial charge is 0.392 e. The Kier molecular flexibility index (Phi) is 4.98. The van der Waals surface area contributed by atoms with Crippen LogP contribution in [0.3, 0.4) is 0 Å². The zero-order chi connectivity index (χ0) is 13.0. The highest BCUT2D eigenvalue weighted by atomic mass is 35.5. The first-order valence-electron chi connectivity index (χ1n) is 6.73.